The quantitative estimate of drug-likeness (QED) is 0.780. The van der Waals surface area contributed by atoms with Crippen LogP contribution >= 0.6 is 0 Å². The molecule has 0 saturated carbocycles. The van der Waals surface area contributed by atoms with Crippen molar-refractivity contribution in [2.24, 2.45) is 5.92 Å². The van der Waals surface area contributed by atoms with Crippen LogP contribution in [0, 0.1) is 5.92 Å². The van der Waals surface area contributed by atoms with Gasteiger partial charge in [-0.15, -0.1) is 0 Å². The Balaban J connectivity index is 2.19. The summed E-state index contributed by atoms with van der Waals surface area (Å²) < 4.78 is 0. The van der Waals surface area contributed by atoms with E-state index in [-0.39, 0.29) is 5.92 Å². The van der Waals surface area contributed by atoms with Crippen LogP contribution in [0.25, 0.3) is 0 Å². The van der Waals surface area contributed by atoms with E-state index in [0.29, 0.717) is 0 Å². The van der Waals surface area contributed by atoms with Gasteiger partial charge in [0.1, 0.15) is 0 Å². The van der Waals surface area contributed by atoms with E-state index in [1.54, 1.807) is 0 Å². The predicted octanol–water partition coefficient (Wildman–Crippen LogP) is 1.54. The molecule has 0 spiro atoms. The Labute approximate surface area is 90.7 Å². The molecule has 0 aromatic heterocycles. The van der Waals surface area contributed by atoms with Crippen LogP contribution in [-0.2, 0) is 4.79 Å². The van der Waals surface area contributed by atoms with Gasteiger partial charge < -0.3 is 0 Å². The third kappa shape index (κ3) is 4.01. The molecule has 0 atom stereocenters. The predicted molar refractivity (Wildman–Crippen MR) is 59.1 cm³/mol. The van der Waals surface area contributed by atoms with E-state index in [9.17, 15) is 4.79 Å². The third-order valence-corrected chi connectivity index (χ3v) is 5.10. The van der Waals surface area contributed by atoms with Crippen molar-refractivity contribution in [3.63, 3.8) is 0 Å². The summed E-state index contributed by atoms with van der Waals surface area (Å²) in [4.78, 5) is 13.1. The van der Waals surface area contributed by atoms with E-state index in [1.807, 2.05) is 0 Å². The number of nitrogens with zero attached hydrogens (tertiary/aromatic N) is 1. The zero-order valence-electron chi connectivity index (χ0n) is 9.07. The van der Waals surface area contributed by atoms with Crippen molar-refractivity contribution in [2.45, 2.75) is 29.5 Å². The molecule has 0 aromatic carbocycles. The molecule has 4 heteroatoms. The zero-order valence-corrected chi connectivity index (χ0v) is 10.9. The van der Waals surface area contributed by atoms with Gasteiger partial charge in [-0.25, -0.2) is 0 Å². The second-order valence-electron chi connectivity index (χ2n) is 4.26. The molecule has 3 nitrogen and oxygen atoms in total. The maximum atomic E-state index is 10.7. The number of rotatable bonds is 4. The number of piperidine rings is 1. The molecular formula is C10H20AsNO2. The number of carboxylic acids is 1. The molecule has 1 N–H and O–H groups in total. The van der Waals surface area contributed by atoms with Gasteiger partial charge in [0.05, 0.1) is 0 Å². The van der Waals surface area contributed by atoms with Gasteiger partial charge in [0.2, 0.25) is 0 Å². The molecule has 0 unspecified atom stereocenters. The minimum absolute atomic E-state index is 0.0804. The van der Waals surface area contributed by atoms with E-state index in [4.69, 9.17) is 5.11 Å². The second kappa shape index (κ2) is 5.77. The summed E-state index contributed by atoms with van der Waals surface area (Å²) in [5, 5.41) is 10.2. The molecule has 1 heterocycles. The van der Waals surface area contributed by atoms with Crippen molar-refractivity contribution in [1.29, 1.82) is 0 Å². The monoisotopic (exact) mass is 261 g/mol. The number of hydrogen-bond acceptors (Lipinski definition) is 2. The Morgan fingerprint density at radius 2 is 2.00 bits per heavy atom. The van der Waals surface area contributed by atoms with Crippen molar-refractivity contribution in [1.82, 2.24) is 4.90 Å². The van der Waals surface area contributed by atoms with Crippen molar-refractivity contribution < 1.29 is 9.90 Å². The summed E-state index contributed by atoms with van der Waals surface area (Å²) in [5.74, 6) is -0.688. The van der Waals surface area contributed by atoms with Crippen molar-refractivity contribution in [3.05, 3.63) is 0 Å². The average Bonchev–Trinajstić information content (AvgIpc) is 2.15. The van der Waals surface area contributed by atoms with Gasteiger partial charge in [-0.05, 0) is 0 Å². The van der Waals surface area contributed by atoms with Gasteiger partial charge in [0, 0.05) is 0 Å². The number of hydrogen-bond donors (Lipinski definition) is 1. The summed E-state index contributed by atoms with van der Waals surface area (Å²) in [6.45, 7) is 3.16. The molecule has 0 radical (unpaired) electrons. The molecule has 0 aliphatic carbocycles. The molecule has 0 amide bonds. The van der Waals surface area contributed by atoms with Crippen LogP contribution in [0.5, 0.6) is 0 Å². The van der Waals surface area contributed by atoms with Crippen LogP contribution < -0.4 is 0 Å². The second-order valence-corrected chi connectivity index (χ2v) is 9.73. The first-order valence-corrected chi connectivity index (χ1v) is 10.3. The van der Waals surface area contributed by atoms with Gasteiger partial charge in [-0.3, -0.25) is 0 Å². The van der Waals surface area contributed by atoms with Crippen LogP contribution in [0.15, 0.2) is 0 Å². The average molecular weight is 261 g/mol. The fourth-order valence-corrected chi connectivity index (χ4v) is 3.18. The Kier molecular flexibility index (Phi) is 4.97. The SMILES string of the molecule is C[As](C)CCN1CCC(C(=O)O)CC1. The molecule has 1 rings (SSSR count). The first-order chi connectivity index (χ1) is 6.59. The molecule has 1 aliphatic heterocycles. The standard InChI is InChI=1S/C10H20AsNO2/c1-11(2)5-8-12-6-3-9(4-7-12)10(13)14/h9H,3-8H2,1-2H3,(H,13,14). The normalized spacial score (nSPS) is 20.2. The fourth-order valence-electron chi connectivity index (χ4n) is 1.74. The molecule has 0 aromatic rings. The minimum atomic E-state index is -0.608. The van der Waals surface area contributed by atoms with Crippen LogP contribution in [-0.4, -0.2) is 50.3 Å². The van der Waals surface area contributed by atoms with Gasteiger partial charge >= 0.3 is 90.4 Å². The first-order valence-electron chi connectivity index (χ1n) is 5.19. The summed E-state index contributed by atoms with van der Waals surface area (Å²) >= 11 is -0.494. The van der Waals surface area contributed by atoms with Crippen LogP contribution in [0.4, 0.5) is 0 Å². The summed E-state index contributed by atoms with van der Waals surface area (Å²) in [6, 6.07) is 0. The molecule has 1 aliphatic rings. The first kappa shape index (κ1) is 12.1. The van der Waals surface area contributed by atoms with Gasteiger partial charge in [-0.1, -0.05) is 0 Å². The van der Waals surface area contributed by atoms with Crippen LogP contribution in [0.2, 0.25) is 16.6 Å². The molecule has 82 valence electrons. The molecular weight excluding hydrogens is 241 g/mol. The van der Waals surface area contributed by atoms with Gasteiger partial charge in [0.15, 0.2) is 0 Å². The topological polar surface area (TPSA) is 40.5 Å². The number of carboxylic acid groups (broad SMARTS) is 1. The van der Waals surface area contributed by atoms with Crippen molar-refractivity contribution in [2.75, 3.05) is 19.6 Å². The third-order valence-electron chi connectivity index (χ3n) is 2.80. The zero-order chi connectivity index (χ0) is 10.6. The van der Waals surface area contributed by atoms with Crippen LogP contribution in [0.1, 0.15) is 12.8 Å². The van der Waals surface area contributed by atoms with Crippen molar-refractivity contribution >= 4 is 20.6 Å². The van der Waals surface area contributed by atoms with E-state index in [2.05, 4.69) is 16.3 Å². The fraction of sp³-hybridized carbons (Fsp3) is 0.900. The van der Waals surface area contributed by atoms with Crippen LogP contribution in [0.3, 0.4) is 0 Å². The van der Waals surface area contributed by atoms with Gasteiger partial charge in [0.25, 0.3) is 0 Å². The number of aliphatic carboxylic acids is 1. The van der Waals surface area contributed by atoms with E-state index in [1.165, 1.54) is 11.8 Å². The van der Waals surface area contributed by atoms with Crippen molar-refractivity contribution in [3.8, 4) is 0 Å². The Morgan fingerprint density at radius 3 is 2.43 bits per heavy atom. The summed E-state index contributed by atoms with van der Waals surface area (Å²) in [5.41, 5.74) is 4.74. The Morgan fingerprint density at radius 1 is 1.43 bits per heavy atom. The molecule has 14 heavy (non-hydrogen) atoms. The maximum absolute atomic E-state index is 10.7. The van der Waals surface area contributed by atoms with E-state index >= 15 is 0 Å². The van der Waals surface area contributed by atoms with Gasteiger partial charge in [-0.2, -0.15) is 0 Å². The Hall–Kier alpha value is -0.0116. The number of carbonyl (C=O) groups is 1. The Bertz CT molecular complexity index is 189. The summed E-state index contributed by atoms with van der Waals surface area (Å²) in [7, 11) is 0. The van der Waals surface area contributed by atoms with E-state index in [0.717, 1.165) is 25.9 Å². The number of likely N-dealkylation sites (tertiary alicyclic amines) is 1. The molecule has 0 bridgehead atoms. The van der Waals surface area contributed by atoms with E-state index < -0.39 is 20.6 Å². The summed E-state index contributed by atoms with van der Waals surface area (Å²) in [6.07, 6.45) is 1.69. The molecule has 1 saturated heterocycles. The molecule has 1 fully saturated rings.